The molecule has 5 rings (SSSR count). The second-order valence-corrected chi connectivity index (χ2v) is 10.8. The van der Waals surface area contributed by atoms with Gasteiger partial charge in [-0.2, -0.15) is 20.6 Å². The molecule has 0 saturated carbocycles. The number of aromatic nitrogens is 4. The molecule has 3 aromatic heterocycles. The van der Waals surface area contributed by atoms with Crippen molar-refractivity contribution in [2.45, 2.75) is 35.1 Å². The quantitative estimate of drug-likeness (QED) is 0.350. The van der Waals surface area contributed by atoms with Crippen molar-refractivity contribution >= 4 is 33.1 Å². The monoisotopic (exact) mass is 489 g/mol. The van der Waals surface area contributed by atoms with Crippen LogP contribution in [0.5, 0.6) is 0 Å². The van der Waals surface area contributed by atoms with Crippen LogP contribution in [0.3, 0.4) is 0 Å². The van der Waals surface area contributed by atoms with Gasteiger partial charge in [0.2, 0.25) is 15.9 Å². The van der Waals surface area contributed by atoms with Crippen molar-refractivity contribution in [3.8, 4) is 22.9 Å². The Morgan fingerprint density at radius 2 is 1.94 bits per heavy atom. The molecular weight excluding hydrogens is 470 g/mol. The van der Waals surface area contributed by atoms with E-state index in [1.807, 2.05) is 16.8 Å². The fourth-order valence-corrected chi connectivity index (χ4v) is 6.17. The fraction of sp³-hybridized carbons (Fsp3) is 0.300. The summed E-state index contributed by atoms with van der Waals surface area (Å²) in [4.78, 5) is 4.60. The van der Waals surface area contributed by atoms with Gasteiger partial charge in [-0.15, -0.1) is 10.2 Å². The summed E-state index contributed by atoms with van der Waals surface area (Å²) in [5.41, 5.74) is 1.44. The van der Waals surface area contributed by atoms with Gasteiger partial charge in [0.1, 0.15) is 0 Å². The van der Waals surface area contributed by atoms with Crippen molar-refractivity contribution in [1.82, 2.24) is 24.6 Å². The summed E-state index contributed by atoms with van der Waals surface area (Å²) in [7, 11) is -3.54. The molecule has 0 bridgehead atoms. The average molecular weight is 490 g/mol. The molecule has 4 aromatic rings. The lowest BCUT2D eigenvalue weighted by Crippen LogP contribution is -2.35. The van der Waals surface area contributed by atoms with Gasteiger partial charge in [-0.1, -0.05) is 29.4 Å². The van der Waals surface area contributed by atoms with E-state index in [2.05, 4.69) is 20.3 Å². The summed E-state index contributed by atoms with van der Waals surface area (Å²) < 4.78 is 38.5. The Bertz CT molecular complexity index is 1290. The normalized spacial score (nSPS) is 15.2. The first-order valence-corrected chi connectivity index (χ1v) is 13.4. The molecule has 166 valence electrons. The zero-order chi connectivity index (χ0) is 22.0. The molecule has 0 unspecified atom stereocenters. The molecule has 1 aromatic carbocycles. The SMILES string of the molecule is O=S(=O)(c1cccc(-c2nnc(SCc3noc(-c4ccsc4)n3)o2)c1)N1CCCCC1. The highest BCUT2D eigenvalue weighted by Crippen LogP contribution is 2.29. The van der Waals surface area contributed by atoms with E-state index in [0.717, 1.165) is 24.8 Å². The van der Waals surface area contributed by atoms with Crippen LogP contribution < -0.4 is 0 Å². The molecule has 0 amide bonds. The van der Waals surface area contributed by atoms with Crippen molar-refractivity contribution in [3.63, 3.8) is 0 Å². The number of nitrogens with zero attached hydrogens (tertiary/aromatic N) is 5. The van der Waals surface area contributed by atoms with Crippen molar-refractivity contribution in [3.05, 3.63) is 46.9 Å². The largest absolute Gasteiger partial charge is 0.411 e. The van der Waals surface area contributed by atoms with Crippen LogP contribution in [-0.2, 0) is 15.8 Å². The lowest BCUT2D eigenvalue weighted by atomic mass is 10.2. The van der Waals surface area contributed by atoms with Crippen LogP contribution >= 0.6 is 23.1 Å². The van der Waals surface area contributed by atoms with Gasteiger partial charge in [-0.3, -0.25) is 0 Å². The number of piperidine rings is 1. The molecule has 1 saturated heterocycles. The molecule has 0 atom stereocenters. The molecule has 1 aliphatic rings. The molecule has 1 fully saturated rings. The van der Waals surface area contributed by atoms with E-state index in [0.29, 0.717) is 41.3 Å². The summed E-state index contributed by atoms with van der Waals surface area (Å²) in [6.45, 7) is 1.11. The Balaban J connectivity index is 1.28. The van der Waals surface area contributed by atoms with Gasteiger partial charge in [0, 0.05) is 24.0 Å². The van der Waals surface area contributed by atoms with Gasteiger partial charge in [-0.05, 0) is 42.5 Å². The third kappa shape index (κ3) is 4.49. The van der Waals surface area contributed by atoms with E-state index in [1.54, 1.807) is 39.9 Å². The number of thioether (sulfide) groups is 1. The van der Waals surface area contributed by atoms with Crippen LogP contribution in [0.15, 0.2) is 60.2 Å². The maximum Gasteiger partial charge on any atom is 0.277 e. The Kier molecular flexibility index (Phi) is 6.09. The first-order valence-electron chi connectivity index (χ1n) is 10.0. The average Bonchev–Trinajstić information content (AvgIpc) is 3.60. The third-order valence-corrected chi connectivity index (χ3v) is 8.39. The summed E-state index contributed by atoms with van der Waals surface area (Å²) in [6.07, 6.45) is 2.84. The maximum atomic E-state index is 13.0. The zero-order valence-electron chi connectivity index (χ0n) is 16.9. The predicted molar refractivity (Wildman–Crippen MR) is 120 cm³/mol. The second-order valence-electron chi connectivity index (χ2n) is 7.18. The summed E-state index contributed by atoms with van der Waals surface area (Å²) in [5, 5.41) is 16.3. The lowest BCUT2D eigenvalue weighted by molar-refractivity contribution is 0.346. The number of rotatable bonds is 7. The van der Waals surface area contributed by atoms with Gasteiger partial charge in [0.25, 0.3) is 11.1 Å². The van der Waals surface area contributed by atoms with E-state index in [1.165, 1.54) is 11.8 Å². The zero-order valence-corrected chi connectivity index (χ0v) is 19.3. The molecule has 1 aliphatic heterocycles. The highest BCUT2D eigenvalue weighted by Gasteiger charge is 2.26. The fourth-order valence-electron chi connectivity index (χ4n) is 3.37. The lowest BCUT2D eigenvalue weighted by Gasteiger charge is -2.25. The molecule has 0 aliphatic carbocycles. The van der Waals surface area contributed by atoms with Crippen LogP contribution in [0.25, 0.3) is 22.9 Å². The van der Waals surface area contributed by atoms with Crippen LogP contribution in [0, 0.1) is 0 Å². The summed E-state index contributed by atoms with van der Waals surface area (Å²) >= 11 is 2.84. The smallest absolute Gasteiger partial charge is 0.277 e. The standard InChI is InChI=1S/C20H19N5O4S3/c26-32(27,25-8-2-1-3-9-25)16-6-4-5-14(11-16)19-22-23-20(28-19)31-13-17-21-18(29-24-17)15-7-10-30-12-15/h4-7,10-12H,1-3,8-9,13H2. The Hall–Kier alpha value is -2.54. The molecule has 0 spiro atoms. The van der Waals surface area contributed by atoms with Crippen molar-refractivity contribution in [1.29, 1.82) is 0 Å². The molecule has 32 heavy (non-hydrogen) atoms. The minimum Gasteiger partial charge on any atom is -0.411 e. The number of thiophene rings is 1. The van der Waals surface area contributed by atoms with E-state index in [9.17, 15) is 8.42 Å². The van der Waals surface area contributed by atoms with Crippen LogP contribution in [0.4, 0.5) is 0 Å². The Morgan fingerprint density at radius 3 is 2.75 bits per heavy atom. The summed E-state index contributed by atoms with van der Waals surface area (Å²) in [6, 6.07) is 8.54. The van der Waals surface area contributed by atoms with Crippen LogP contribution in [-0.4, -0.2) is 46.2 Å². The van der Waals surface area contributed by atoms with Gasteiger partial charge in [-0.25, -0.2) is 8.42 Å². The predicted octanol–water partition coefficient (Wildman–Crippen LogP) is 4.32. The number of benzene rings is 1. The van der Waals surface area contributed by atoms with Gasteiger partial charge in [0.15, 0.2) is 5.82 Å². The number of hydrogen-bond donors (Lipinski definition) is 0. The number of sulfonamides is 1. The van der Waals surface area contributed by atoms with Crippen molar-refractivity contribution < 1.29 is 17.4 Å². The highest BCUT2D eigenvalue weighted by atomic mass is 32.2. The minimum atomic E-state index is -3.54. The molecule has 12 heteroatoms. The van der Waals surface area contributed by atoms with E-state index in [4.69, 9.17) is 8.94 Å². The minimum absolute atomic E-state index is 0.233. The van der Waals surface area contributed by atoms with Crippen LogP contribution in [0.2, 0.25) is 0 Å². The molecule has 4 heterocycles. The third-order valence-electron chi connectivity index (χ3n) is 5.00. The highest BCUT2D eigenvalue weighted by molar-refractivity contribution is 7.98. The van der Waals surface area contributed by atoms with Gasteiger partial charge in [0.05, 0.1) is 16.2 Å². The van der Waals surface area contributed by atoms with E-state index in [-0.39, 0.29) is 10.8 Å². The Morgan fingerprint density at radius 1 is 1.06 bits per heavy atom. The Labute approximate surface area is 192 Å². The van der Waals surface area contributed by atoms with E-state index >= 15 is 0 Å². The first kappa shape index (κ1) is 21.3. The summed E-state index contributed by atoms with van der Waals surface area (Å²) in [5.74, 6) is 1.65. The first-order chi connectivity index (χ1) is 15.6. The van der Waals surface area contributed by atoms with Gasteiger partial charge < -0.3 is 8.94 Å². The molecule has 0 radical (unpaired) electrons. The van der Waals surface area contributed by atoms with Gasteiger partial charge >= 0.3 is 0 Å². The van der Waals surface area contributed by atoms with Crippen molar-refractivity contribution in [2.24, 2.45) is 0 Å². The second kappa shape index (κ2) is 9.14. The van der Waals surface area contributed by atoms with Crippen molar-refractivity contribution in [2.75, 3.05) is 13.1 Å². The van der Waals surface area contributed by atoms with Crippen LogP contribution in [0.1, 0.15) is 25.1 Å². The molecule has 0 N–H and O–H groups in total. The molecular formula is C20H19N5O4S3. The number of hydrogen-bond acceptors (Lipinski definition) is 10. The molecule has 9 nitrogen and oxygen atoms in total. The maximum absolute atomic E-state index is 13.0. The van der Waals surface area contributed by atoms with E-state index < -0.39 is 10.0 Å². The topological polar surface area (TPSA) is 115 Å².